The fourth-order valence-electron chi connectivity index (χ4n) is 2.23. The van der Waals surface area contributed by atoms with Crippen LogP contribution in [-0.2, 0) is 15.8 Å². The van der Waals surface area contributed by atoms with Crippen molar-refractivity contribution in [1.82, 2.24) is 10.9 Å². The number of ether oxygens (including phenoxy) is 2. The zero-order valence-electron chi connectivity index (χ0n) is 15.2. The first-order chi connectivity index (χ1) is 13.1. The predicted octanol–water partition coefficient (Wildman–Crippen LogP) is 2.93. The second kappa shape index (κ2) is 9.12. The van der Waals surface area contributed by atoms with E-state index in [0.717, 1.165) is 23.3 Å². The van der Waals surface area contributed by atoms with Gasteiger partial charge >= 0.3 is 6.18 Å². The molecule has 0 saturated carbocycles. The lowest BCUT2D eigenvalue weighted by Gasteiger charge is -2.12. The average Bonchev–Trinajstić information content (AvgIpc) is 2.63. The van der Waals surface area contributed by atoms with Gasteiger partial charge in [-0.05, 0) is 43.7 Å². The van der Waals surface area contributed by atoms with Crippen LogP contribution in [-0.4, -0.2) is 25.0 Å². The minimum absolute atomic E-state index is 0.116. The summed E-state index contributed by atoms with van der Waals surface area (Å²) in [6.07, 6.45) is -4.51. The van der Waals surface area contributed by atoms with Crippen molar-refractivity contribution in [2.75, 3.05) is 13.2 Å². The van der Waals surface area contributed by atoms with Crippen LogP contribution in [0.2, 0.25) is 0 Å². The Morgan fingerprint density at radius 2 is 1.57 bits per heavy atom. The Hall–Kier alpha value is -3.23. The van der Waals surface area contributed by atoms with Crippen LogP contribution in [0.3, 0.4) is 0 Å². The molecular formula is C19H19F3N2O4. The van der Waals surface area contributed by atoms with Crippen molar-refractivity contribution in [2.45, 2.75) is 20.0 Å². The maximum atomic E-state index is 12.6. The molecule has 0 aliphatic carbocycles. The normalized spacial score (nSPS) is 10.9. The van der Waals surface area contributed by atoms with Crippen molar-refractivity contribution >= 4 is 11.8 Å². The van der Waals surface area contributed by atoms with Gasteiger partial charge in [0.05, 0.1) is 5.56 Å². The molecule has 28 heavy (non-hydrogen) atoms. The van der Waals surface area contributed by atoms with Gasteiger partial charge in [0, 0.05) is 0 Å². The second-order valence-electron chi connectivity index (χ2n) is 5.97. The van der Waals surface area contributed by atoms with E-state index < -0.39 is 30.2 Å². The number of carbonyl (C=O) groups excluding carboxylic acids is 2. The molecule has 2 aromatic carbocycles. The summed E-state index contributed by atoms with van der Waals surface area (Å²) in [7, 11) is 0. The maximum Gasteiger partial charge on any atom is 0.416 e. The van der Waals surface area contributed by atoms with Gasteiger partial charge in [-0.2, -0.15) is 13.2 Å². The van der Waals surface area contributed by atoms with Crippen LogP contribution in [0.25, 0.3) is 0 Å². The van der Waals surface area contributed by atoms with Gasteiger partial charge in [0.15, 0.2) is 13.2 Å². The topological polar surface area (TPSA) is 76.7 Å². The van der Waals surface area contributed by atoms with Gasteiger partial charge in [-0.3, -0.25) is 20.4 Å². The highest BCUT2D eigenvalue weighted by atomic mass is 19.4. The molecule has 0 aliphatic heterocycles. The third-order valence-corrected chi connectivity index (χ3v) is 3.56. The average molecular weight is 396 g/mol. The highest BCUT2D eigenvalue weighted by Gasteiger charge is 2.30. The lowest BCUT2D eigenvalue weighted by atomic mass is 10.1. The van der Waals surface area contributed by atoms with E-state index in [1.807, 2.05) is 26.0 Å². The third kappa shape index (κ3) is 6.49. The largest absolute Gasteiger partial charge is 0.484 e. The molecule has 9 heteroatoms. The number of amides is 2. The summed E-state index contributed by atoms with van der Waals surface area (Å²) in [6.45, 7) is 2.88. The highest BCUT2D eigenvalue weighted by Crippen LogP contribution is 2.31. The maximum absolute atomic E-state index is 12.6. The molecule has 0 spiro atoms. The first-order valence-corrected chi connectivity index (χ1v) is 8.23. The quantitative estimate of drug-likeness (QED) is 0.737. The van der Waals surface area contributed by atoms with Crippen LogP contribution < -0.4 is 20.3 Å². The summed E-state index contributed by atoms with van der Waals surface area (Å²) < 4.78 is 48.2. The lowest BCUT2D eigenvalue weighted by molar-refractivity contribution is -0.137. The Morgan fingerprint density at radius 1 is 0.929 bits per heavy atom. The monoisotopic (exact) mass is 396 g/mol. The molecule has 2 aromatic rings. The number of halogens is 3. The van der Waals surface area contributed by atoms with E-state index in [0.29, 0.717) is 5.75 Å². The molecule has 0 radical (unpaired) electrons. The van der Waals surface area contributed by atoms with Crippen molar-refractivity contribution in [1.29, 1.82) is 0 Å². The van der Waals surface area contributed by atoms with Gasteiger partial charge in [-0.15, -0.1) is 0 Å². The Morgan fingerprint density at radius 3 is 2.18 bits per heavy atom. The standard InChI is InChI=1S/C19H19F3N2O4/c1-12-6-7-16(13(2)8-12)28-11-18(26)24-23-17(25)10-27-15-5-3-4-14(9-15)19(20,21)22/h3-9H,10-11H2,1-2H3,(H,23,25)(H,24,26). The molecule has 2 N–H and O–H groups in total. The van der Waals surface area contributed by atoms with E-state index in [1.54, 1.807) is 6.07 Å². The molecule has 0 fully saturated rings. The SMILES string of the molecule is Cc1ccc(OCC(=O)NNC(=O)COc2cccc(C(F)(F)F)c2)c(C)c1. The van der Waals surface area contributed by atoms with Crippen LogP contribution in [0.4, 0.5) is 13.2 Å². The predicted molar refractivity (Wildman–Crippen MR) is 94.6 cm³/mol. The van der Waals surface area contributed by atoms with Crippen molar-refractivity contribution in [3.05, 3.63) is 59.2 Å². The molecular weight excluding hydrogens is 377 g/mol. The van der Waals surface area contributed by atoms with Crippen LogP contribution in [0.1, 0.15) is 16.7 Å². The van der Waals surface area contributed by atoms with Gasteiger partial charge in [-0.25, -0.2) is 0 Å². The fourth-order valence-corrected chi connectivity index (χ4v) is 2.23. The molecule has 2 rings (SSSR count). The van der Waals surface area contributed by atoms with Crippen molar-refractivity contribution in [3.8, 4) is 11.5 Å². The van der Waals surface area contributed by atoms with Crippen LogP contribution >= 0.6 is 0 Å². The van der Waals surface area contributed by atoms with E-state index in [9.17, 15) is 22.8 Å². The van der Waals surface area contributed by atoms with E-state index >= 15 is 0 Å². The number of alkyl halides is 3. The van der Waals surface area contributed by atoms with Gasteiger partial charge in [0.25, 0.3) is 11.8 Å². The first kappa shape index (κ1) is 21.1. The molecule has 0 aliphatic rings. The number of hydrogen-bond donors (Lipinski definition) is 2. The van der Waals surface area contributed by atoms with Gasteiger partial charge in [-0.1, -0.05) is 23.8 Å². The summed E-state index contributed by atoms with van der Waals surface area (Å²) in [6, 6.07) is 9.61. The van der Waals surface area contributed by atoms with E-state index in [4.69, 9.17) is 9.47 Å². The number of hydrogen-bond acceptors (Lipinski definition) is 4. The van der Waals surface area contributed by atoms with E-state index in [-0.39, 0.29) is 12.4 Å². The van der Waals surface area contributed by atoms with Crippen molar-refractivity contribution in [2.24, 2.45) is 0 Å². The molecule has 0 bridgehead atoms. The smallest absolute Gasteiger partial charge is 0.416 e. The lowest BCUT2D eigenvalue weighted by Crippen LogP contribution is -2.45. The van der Waals surface area contributed by atoms with Crippen molar-refractivity contribution in [3.63, 3.8) is 0 Å². The van der Waals surface area contributed by atoms with E-state index in [1.165, 1.54) is 12.1 Å². The molecule has 0 saturated heterocycles. The number of benzene rings is 2. The third-order valence-electron chi connectivity index (χ3n) is 3.56. The zero-order valence-corrected chi connectivity index (χ0v) is 15.2. The Labute approximate surface area is 159 Å². The summed E-state index contributed by atoms with van der Waals surface area (Å²) in [5, 5.41) is 0. The second-order valence-corrected chi connectivity index (χ2v) is 5.97. The van der Waals surface area contributed by atoms with Gasteiger partial charge < -0.3 is 9.47 Å². The van der Waals surface area contributed by atoms with Crippen LogP contribution in [0.15, 0.2) is 42.5 Å². The Kier molecular flexibility index (Phi) is 6.86. The van der Waals surface area contributed by atoms with Gasteiger partial charge in [0.2, 0.25) is 0 Å². The first-order valence-electron chi connectivity index (χ1n) is 8.23. The number of rotatable bonds is 6. The molecule has 0 atom stereocenters. The summed E-state index contributed by atoms with van der Waals surface area (Å²) >= 11 is 0. The molecule has 0 aromatic heterocycles. The van der Waals surface area contributed by atoms with Crippen molar-refractivity contribution < 1.29 is 32.2 Å². The summed E-state index contributed by atoms with van der Waals surface area (Å²) in [4.78, 5) is 23.4. The van der Waals surface area contributed by atoms with Crippen LogP contribution in [0, 0.1) is 13.8 Å². The van der Waals surface area contributed by atoms with Crippen LogP contribution in [0.5, 0.6) is 11.5 Å². The Bertz CT molecular complexity index is 853. The highest BCUT2D eigenvalue weighted by molar-refractivity contribution is 5.83. The Balaban J connectivity index is 1.74. The number of aryl methyl sites for hydroxylation is 2. The number of nitrogens with one attached hydrogen (secondary N) is 2. The molecule has 0 unspecified atom stereocenters. The van der Waals surface area contributed by atoms with E-state index in [2.05, 4.69) is 10.9 Å². The summed E-state index contributed by atoms with van der Waals surface area (Å²) in [5.74, 6) is -0.917. The zero-order chi connectivity index (χ0) is 20.7. The summed E-state index contributed by atoms with van der Waals surface area (Å²) in [5.41, 5.74) is 5.26. The molecule has 0 heterocycles. The van der Waals surface area contributed by atoms with Gasteiger partial charge in [0.1, 0.15) is 11.5 Å². The molecule has 2 amide bonds. The minimum atomic E-state index is -4.51. The molecule has 150 valence electrons. The number of hydrazine groups is 1. The minimum Gasteiger partial charge on any atom is -0.484 e. The number of carbonyl (C=O) groups is 2. The molecule has 6 nitrogen and oxygen atoms in total. The fraction of sp³-hybridized carbons (Fsp3) is 0.263.